The SMILES string of the molecule is [F][Sb-]([F])([F])([F])([F])[F].[H+].c1ccc(Cc2cccc(Cc3nc4ccccc4s3)c2)cc1. The third-order valence-corrected chi connectivity index (χ3v) is 4.97. The summed E-state index contributed by atoms with van der Waals surface area (Å²) in [6, 6.07) is 27.8. The van der Waals surface area contributed by atoms with Gasteiger partial charge in [0.15, 0.2) is 0 Å². The molecule has 0 N–H and O–H groups in total. The van der Waals surface area contributed by atoms with Crippen molar-refractivity contribution in [3.8, 4) is 0 Å². The Morgan fingerprint density at radius 2 is 1.20 bits per heavy atom. The van der Waals surface area contributed by atoms with Crippen molar-refractivity contribution in [3.05, 3.63) is 101 Å². The van der Waals surface area contributed by atoms with Gasteiger partial charge in [-0.1, -0.05) is 66.7 Å². The van der Waals surface area contributed by atoms with Crippen molar-refractivity contribution in [2.45, 2.75) is 12.8 Å². The Kier molecular flexibility index (Phi) is 5.95. The average Bonchev–Trinajstić information content (AvgIpc) is 3.02. The Morgan fingerprint density at radius 1 is 0.667 bits per heavy atom. The van der Waals surface area contributed by atoms with Gasteiger partial charge in [-0.2, -0.15) is 0 Å². The normalized spacial score (nSPS) is 13.8. The summed E-state index contributed by atoms with van der Waals surface area (Å²) < 4.78 is 60.8. The Morgan fingerprint density at radius 3 is 1.83 bits per heavy atom. The summed E-state index contributed by atoms with van der Waals surface area (Å²) in [5.74, 6) is 0. The second-order valence-corrected chi connectivity index (χ2v) is 13.3. The van der Waals surface area contributed by atoms with Gasteiger partial charge in [0.25, 0.3) is 0 Å². The van der Waals surface area contributed by atoms with Gasteiger partial charge in [-0.15, -0.1) is 11.3 Å². The molecule has 0 aliphatic heterocycles. The van der Waals surface area contributed by atoms with Crippen LogP contribution in [0.4, 0.5) is 16.9 Å². The monoisotopic (exact) mass is 551 g/mol. The van der Waals surface area contributed by atoms with Crippen LogP contribution in [0.25, 0.3) is 10.2 Å². The van der Waals surface area contributed by atoms with Gasteiger partial charge in [0.2, 0.25) is 0 Å². The van der Waals surface area contributed by atoms with E-state index in [0.717, 1.165) is 18.4 Å². The minimum absolute atomic E-state index is 0. The van der Waals surface area contributed by atoms with Crippen LogP contribution in [0.1, 0.15) is 23.1 Å². The number of benzene rings is 3. The van der Waals surface area contributed by atoms with Crippen LogP contribution in [-0.4, -0.2) is 24.5 Å². The average molecular weight is 552 g/mol. The van der Waals surface area contributed by atoms with Crippen molar-refractivity contribution >= 4 is 41.0 Å². The van der Waals surface area contributed by atoms with Crippen LogP contribution in [0, 0.1) is 0 Å². The van der Waals surface area contributed by atoms with Gasteiger partial charge >= 0.3 is 37.8 Å². The zero-order chi connectivity index (χ0) is 21.9. The molecule has 0 atom stereocenters. The minimum Gasteiger partial charge on any atom is -0.241 e. The van der Waals surface area contributed by atoms with Gasteiger partial charge < -0.3 is 0 Å². The molecule has 0 amide bonds. The number of halogens is 6. The quantitative estimate of drug-likeness (QED) is 0.187. The fourth-order valence-corrected chi connectivity index (χ4v) is 3.85. The van der Waals surface area contributed by atoms with Crippen LogP contribution in [0.15, 0.2) is 78.9 Å². The molecule has 160 valence electrons. The van der Waals surface area contributed by atoms with Crippen molar-refractivity contribution in [1.29, 1.82) is 0 Å². The van der Waals surface area contributed by atoms with Crippen LogP contribution in [-0.2, 0) is 12.8 Å². The summed E-state index contributed by atoms with van der Waals surface area (Å²) in [4.78, 5) is 4.74. The summed E-state index contributed by atoms with van der Waals surface area (Å²) in [7, 11) is 0. The molecule has 0 aliphatic carbocycles. The number of hydrogen-bond donors (Lipinski definition) is 0. The predicted octanol–water partition coefficient (Wildman–Crippen LogP) is 7.73. The van der Waals surface area contributed by atoms with Crippen molar-refractivity contribution in [2.24, 2.45) is 0 Å². The molecule has 0 saturated heterocycles. The zero-order valence-corrected chi connectivity index (χ0v) is 18.9. The van der Waals surface area contributed by atoms with Crippen LogP contribution < -0.4 is 0 Å². The number of fused-ring (bicyclic) bond motifs is 1. The largest absolute Gasteiger partial charge is 1.00 e. The zero-order valence-electron chi connectivity index (χ0n) is 16.5. The van der Waals surface area contributed by atoms with Gasteiger partial charge in [0, 0.05) is 6.42 Å². The Hall–Kier alpha value is -2.05. The smallest absolute Gasteiger partial charge is 0.241 e. The van der Waals surface area contributed by atoms with Crippen LogP contribution in [0.5, 0.6) is 0 Å². The molecule has 1 nitrogen and oxygen atoms in total. The van der Waals surface area contributed by atoms with E-state index in [4.69, 9.17) is 4.98 Å². The molecule has 1 aromatic heterocycles. The van der Waals surface area contributed by atoms with Crippen molar-refractivity contribution in [3.63, 3.8) is 0 Å². The maximum Gasteiger partial charge on any atom is 1.00 e. The summed E-state index contributed by atoms with van der Waals surface area (Å²) in [5.41, 5.74) is 5.14. The van der Waals surface area contributed by atoms with E-state index in [2.05, 4.69) is 72.8 Å². The van der Waals surface area contributed by atoms with Crippen LogP contribution in [0.3, 0.4) is 0 Å². The molecule has 0 unspecified atom stereocenters. The van der Waals surface area contributed by atoms with E-state index >= 15 is 0 Å². The van der Waals surface area contributed by atoms with Gasteiger partial charge in [0.1, 0.15) is 0 Å². The third-order valence-electron chi connectivity index (χ3n) is 3.94. The second kappa shape index (κ2) is 7.89. The molecular formula is C21H18F6NSSb. The van der Waals surface area contributed by atoms with Crippen molar-refractivity contribution in [1.82, 2.24) is 4.98 Å². The van der Waals surface area contributed by atoms with E-state index in [1.165, 1.54) is 26.4 Å². The Bertz CT molecular complexity index is 1100. The van der Waals surface area contributed by atoms with Crippen molar-refractivity contribution < 1.29 is 18.3 Å². The van der Waals surface area contributed by atoms with E-state index < -0.39 is 19.5 Å². The molecule has 0 radical (unpaired) electrons. The number of rotatable bonds is 4. The van der Waals surface area contributed by atoms with Gasteiger partial charge in [-0.3, -0.25) is 0 Å². The molecule has 30 heavy (non-hydrogen) atoms. The molecule has 1 heterocycles. The maximum absolute atomic E-state index is 11.2. The summed E-state index contributed by atoms with van der Waals surface area (Å²) >= 11 is -9.46. The first-order valence-electron chi connectivity index (χ1n) is 8.84. The van der Waals surface area contributed by atoms with E-state index in [9.17, 15) is 16.9 Å². The van der Waals surface area contributed by atoms with E-state index in [0.29, 0.717) is 0 Å². The molecule has 4 rings (SSSR count). The molecule has 0 aliphatic rings. The fraction of sp³-hybridized carbons (Fsp3) is 0.0952. The third kappa shape index (κ3) is 8.76. The van der Waals surface area contributed by atoms with E-state index in [1.807, 2.05) is 6.07 Å². The standard InChI is InChI=1S/C21H17NS.6FH.Sb/c1-2-7-16(8-3-1)13-17-9-6-10-18(14-17)15-21-22-19-11-4-5-12-20(19)23-21;;;;;;;/h1-12,14H,13,15H2;6*1H;/q;;;;;;;+5/p-5. The van der Waals surface area contributed by atoms with Gasteiger partial charge in [-0.25, -0.2) is 4.98 Å². The van der Waals surface area contributed by atoms with E-state index in [1.54, 1.807) is 11.3 Å². The first kappa shape index (κ1) is 22.6. The van der Waals surface area contributed by atoms with Gasteiger partial charge in [-0.05, 0) is 35.2 Å². The van der Waals surface area contributed by atoms with Crippen LogP contribution >= 0.6 is 11.3 Å². The molecule has 0 bridgehead atoms. The summed E-state index contributed by atoms with van der Waals surface area (Å²) in [5, 5.41) is 1.18. The summed E-state index contributed by atoms with van der Waals surface area (Å²) in [6.07, 6.45) is 1.89. The minimum atomic E-state index is -11.2. The Balaban J connectivity index is 0.000000373. The second-order valence-electron chi connectivity index (χ2n) is 6.69. The molecule has 0 spiro atoms. The van der Waals surface area contributed by atoms with E-state index in [-0.39, 0.29) is 1.43 Å². The fourth-order valence-electron chi connectivity index (χ4n) is 2.85. The first-order chi connectivity index (χ1) is 13.8. The number of nitrogens with zero attached hydrogens (tertiary/aromatic N) is 1. The number of thiazole rings is 1. The first-order valence-corrected chi connectivity index (χ1v) is 15.4. The van der Waals surface area contributed by atoms with Crippen LogP contribution in [0.2, 0.25) is 0 Å². The Labute approximate surface area is 177 Å². The molecule has 4 aromatic rings. The molecule has 3 aromatic carbocycles. The van der Waals surface area contributed by atoms with Crippen molar-refractivity contribution in [2.75, 3.05) is 0 Å². The predicted molar refractivity (Wildman–Crippen MR) is 112 cm³/mol. The topological polar surface area (TPSA) is 12.9 Å². The maximum atomic E-state index is 9.93. The number of aromatic nitrogens is 1. The molecule has 0 saturated carbocycles. The summed E-state index contributed by atoms with van der Waals surface area (Å²) in [6.45, 7) is 0. The van der Waals surface area contributed by atoms with Gasteiger partial charge in [0.05, 0.1) is 15.2 Å². The molecular weight excluding hydrogens is 534 g/mol. The molecule has 0 fully saturated rings. The number of para-hydroxylation sites is 1. The molecule has 9 heteroatoms. The number of hydrogen-bond acceptors (Lipinski definition) is 2.